The van der Waals surface area contributed by atoms with Crippen molar-refractivity contribution in [3.8, 4) is 0 Å². The summed E-state index contributed by atoms with van der Waals surface area (Å²) in [7, 11) is 0. The molecule has 0 bridgehead atoms. The van der Waals surface area contributed by atoms with Crippen molar-refractivity contribution in [1.82, 2.24) is 24.8 Å². The van der Waals surface area contributed by atoms with Crippen LogP contribution in [-0.4, -0.2) is 26.1 Å². The molecule has 3 aromatic rings. The third-order valence-electron chi connectivity index (χ3n) is 3.18. The number of aromatic nitrogens is 4. The highest BCUT2D eigenvalue weighted by Crippen LogP contribution is 2.14. The highest BCUT2D eigenvalue weighted by molar-refractivity contribution is 5.79. The highest BCUT2D eigenvalue weighted by atomic mass is 15.0. The normalized spacial score (nSPS) is 11.2. The molecular weight excluding hydrogens is 238 g/mol. The first-order chi connectivity index (χ1) is 9.43. The van der Waals surface area contributed by atoms with Gasteiger partial charge in [0.15, 0.2) is 0 Å². The van der Waals surface area contributed by atoms with Crippen molar-refractivity contribution in [1.29, 1.82) is 0 Å². The van der Waals surface area contributed by atoms with Gasteiger partial charge in [0.2, 0.25) is 0 Å². The third kappa shape index (κ3) is 2.82. The molecule has 98 valence electrons. The van der Waals surface area contributed by atoms with E-state index in [4.69, 9.17) is 0 Å². The molecule has 0 saturated carbocycles. The van der Waals surface area contributed by atoms with E-state index in [2.05, 4.69) is 30.9 Å². The molecule has 19 heavy (non-hydrogen) atoms. The van der Waals surface area contributed by atoms with Crippen molar-refractivity contribution in [2.75, 3.05) is 6.54 Å². The van der Waals surface area contributed by atoms with Gasteiger partial charge in [-0.05, 0) is 30.7 Å². The van der Waals surface area contributed by atoms with Crippen LogP contribution >= 0.6 is 0 Å². The Morgan fingerprint density at radius 2 is 2.32 bits per heavy atom. The van der Waals surface area contributed by atoms with E-state index in [9.17, 15) is 0 Å². The van der Waals surface area contributed by atoms with Gasteiger partial charge in [-0.3, -0.25) is 0 Å². The summed E-state index contributed by atoms with van der Waals surface area (Å²) in [5, 5.41) is 4.66. The molecule has 0 atom stereocenters. The Labute approximate surface area is 111 Å². The van der Waals surface area contributed by atoms with Gasteiger partial charge in [-0.15, -0.1) is 0 Å². The molecule has 5 heteroatoms. The molecule has 0 aliphatic carbocycles. The Bertz CT molecular complexity index is 626. The summed E-state index contributed by atoms with van der Waals surface area (Å²) < 4.78 is 2.09. The molecule has 3 aromatic heterocycles. The molecule has 3 rings (SSSR count). The summed E-state index contributed by atoms with van der Waals surface area (Å²) in [5.74, 6) is 0. The third-order valence-corrected chi connectivity index (χ3v) is 3.18. The van der Waals surface area contributed by atoms with Crippen molar-refractivity contribution in [2.45, 2.75) is 19.5 Å². The number of nitrogens with one attached hydrogen (secondary N) is 2. The van der Waals surface area contributed by atoms with Gasteiger partial charge in [-0.2, -0.15) is 0 Å². The van der Waals surface area contributed by atoms with Gasteiger partial charge in [-0.1, -0.05) is 0 Å². The fraction of sp³-hybridized carbons (Fsp3) is 0.286. The van der Waals surface area contributed by atoms with Crippen LogP contribution in [0.3, 0.4) is 0 Å². The van der Waals surface area contributed by atoms with E-state index in [0.717, 1.165) is 31.7 Å². The largest absolute Gasteiger partial charge is 0.346 e. The summed E-state index contributed by atoms with van der Waals surface area (Å²) >= 11 is 0. The lowest BCUT2D eigenvalue weighted by Crippen LogP contribution is -2.16. The number of nitrogens with zero attached hydrogens (tertiary/aromatic N) is 3. The van der Waals surface area contributed by atoms with Gasteiger partial charge in [0.1, 0.15) is 5.65 Å². The molecule has 0 fully saturated rings. The Morgan fingerprint density at radius 3 is 3.21 bits per heavy atom. The first kappa shape index (κ1) is 11.9. The standard InChI is InChI=1S/C14H17N5/c1-3-13-12(10-18-14(13)17-5-1)9-15-4-2-7-19-8-6-16-11-19/h1,3,5-6,8,10-11,15H,2,4,7,9H2,(H,17,18). The van der Waals surface area contributed by atoms with E-state index in [1.807, 2.05) is 31.0 Å². The molecule has 0 spiro atoms. The monoisotopic (exact) mass is 255 g/mol. The maximum atomic E-state index is 4.29. The van der Waals surface area contributed by atoms with Crippen molar-refractivity contribution in [3.05, 3.63) is 48.8 Å². The summed E-state index contributed by atoms with van der Waals surface area (Å²) in [4.78, 5) is 11.5. The Balaban J connectivity index is 1.47. The number of hydrogen-bond acceptors (Lipinski definition) is 3. The van der Waals surface area contributed by atoms with Crippen molar-refractivity contribution >= 4 is 11.0 Å². The van der Waals surface area contributed by atoms with E-state index in [-0.39, 0.29) is 0 Å². The van der Waals surface area contributed by atoms with Crippen LogP contribution in [0.5, 0.6) is 0 Å². The minimum Gasteiger partial charge on any atom is -0.346 e. The average Bonchev–Trinajstić information content (AvgIpc) is 3.08. The number of pyridine rings is 1. The lowest BCUT2D eigenvalue weighted by molar-refractivity contribution is 0.581. The lowest BCUT2D eigenvalue weighted by Gasteiger charge is -2.04. The Kier molecular flexibility index (Phi) is 3.56. The van der Waals surface area contributed by atoms with Gasteiger partial charge >= 0.3 is 0 Å². The number of imidazole rings is 1. The number of H-pyrrole nitrogens is 1. The topological polar surface area (TPSA) is 58.5 Å². The van der Waals surface area contributed by atoms with Crippen LogP contribution in [0.2, 0.25) is 0 Å². The summed E-state index contributed by atoms with van der Waals surface area (Å²) in [6, 6.07) is 4.07. The molecule has 2 N–H and O–H groups in total. The predicted octanol–water partition coefficient (Wildman–Crippen LogP) is 1.94. The molecular formula is C14H17N5. The zero-order valence-electron chi connectivity index (χ0n) is 10.7. The lowest BCUT2D eigenvalue weighted by atomic mass is 10.2. The molecule has 5 nitrogen and oxygen atoms in total. The fourth-order valence-corrected chi connectivity index (χ4v) is 2.19. The maximum Gasteiger partial charge on any atom is 0.137 e. The smallest absolute Gasteiger partial charge is 0.137 e. The maximum absolute atomic E-state index is 4.29. The van der Waals surface area contributed by atoms with Gasteiger partial charge in [0.05, 0.1) is 6.33 Å². The Hall–Kier alpha value is -2.14. The van der Waals surface area contributed by atoms with E-state index < -0.39 is 0 Å². The van der Waals surface area contributed by atoms with Gasteiger partial charge in [0.25, 0.3) is 0 Å². The van der Waals surface area contributed by atoms with Gasteiger partial charge in [-0.25, -0.2) is 9.97 Å². The minimum atomic E-state index is 0.871. The molecule has 0 radical (unpaired) electrons. The highest BCUT2D eigenvalue weighted by Gasteiger charge is 2.02. The first-order valence-electron chi connectivity index (χ1n) is 6.51. The number of fused-ring (bicyclic) bond motifs is 1. The molecule has 0 amide bonds. The van der Waals surface area contributed by atoms with Gasteiger partial charge < -0.3 is 14.9 Å². The second kappa shape index (κ2) is 5.67. The van der Waals surface area contributed by atoms with E-state index in [0.29, 0.717) is 0 Å². The van der Waals surface area contributed by atoms with Crippen molar-refractivity contribution in [3.63, 3.8) is 0 Å². The predicted molar refractivity (Wildman–Crippen MR) is 74.6 cm³/mol. The molecule has 0 saturated heterocycles. The van der Waals surface area contributed by atoms with E-state index in [1.54, 1.807) is 6.20 Å². The van der Waals surface area contributed by atoms with E-state index >= 15 is 0 Å². The van der Waals surface area contributed by atoms with Crippen LogP contribution in [0.15, 0.2) is 43.2 Å². The van der Waals surface area contributed by atoms with Crippen molar-refractivity contribution < 1.29 is 0 Å². The number of aryl methyl sites for hydroxylation is 1. The van der Waals surface area contributed by atoms with Crippen LogP contribution in [0.4, 0.5) is 0 Å². The van der Waals surface area contributed by atoms with Crippen LogP contribution in [-0.2, 0) is 13.1 Å². The molecule has 0 unspecified atom stereocenters. The van der Waals surface area contributed by atoms with E-state index in [1.165, 1.54) is 10.9 Å². The van der Waals surface area contributed by atoms with Crippen LogP contribution in [0.1, 0.15) is 12.0 Å². The summed E-state index contributed by atoms with van der Waals surface area (Å²) in [5.41, 5.74) is 2.23. The van der Waals surface area contributed by atoms with Crippen LogP contribution < -0.4 is 5.32 Å². The summed E-state index contributed by atoms with van der Waals surface area (Å²) in [6.07, 6.45) is 10.6. The first-order valence-corrected chi connectivity index (χ1v) is 6.51. The van der Waals surface area contributed by atoms with Crippen LogP contribution in [0, 0.1) is 0 Å². The number of rotatable bonds is 6. The minimum absolute atomic E-state index is 0.871. The molecule has 0 aromatic carbocycles. The Morgan fingerprint density at radius 1 is 1.32 bits per heavy atom. The quantitative estimate of drug-likeness (QED) is 0.662. The average molecular weight is 255 g/mol. The van der Waals surface area contributed by atoms with Crippen LogP contribution in [0.25, 0.3) is 11.0 Å². The molecule has 3 heterocycles. The summed E-state index contributed by atoms with van der Waals surface area (Å²) in [6.45, 7) is 2.86. The zero-order chi connectivity index (χ0) is 12.9. The second-order valence-corrected chi connectivity index (χ2v) is 4.54. The SMILES string of the molecule is c1cnc2[nH]cc(CNCCCn3ccnc3)c2c1. The fourth-order valence-electron chi connectivity index (χ4n) is 2.19. The van der Waals surface area contributed by atoms with Gasteiger partial charge in [0, 0.05) is 43.3 Å². The van der Waals surface area contributed by atoms with Crippen molar-refractivity contribution in [2.24, 2.45) is 0 Å². The molecule has 0 aliphatic heterocycles. The number of aromatic amines is 1. The molecule has 0 aliphatic rings. The zero-order valence-corrected chi connectivity index (χ0v) is 10.7. The number of hydrogen-bond donors (Lipinski definition) is 2. The second-order valence-electron chi connectivity index (χ2n) is 4.54.